The number of aliphatic hydroxyl groups excluding tert-OH is 1. The summed E-state index contributed by atoms with van der Waals surface area (Å²) < 4.78 is 10.5. The van der Waals surface area contributed by atoms with Crippen molar-refractivity contribution in [3.63, 3.8) is 0 Å². The number of anilines is 1. The minimum atomic E-state index is -1.31. The van der Waals surface area contributed by atoms with Crippen molar-refractivity contribution in [2.75, 3.05) is 26.5 Å². The molecule has 0 bridgehead atoms. The number of aliphatic hydroxyl groups is 1. The van der Waals surface area contributed by atoms with Crippen molar-refractivity contribution in [1.82, 2.24) is 26.6 Å². The van der Waals surface area contributed by atoms with E-state index in [1.165, 1.54) is 13.2 Å². The molecule has 0 spiro atoms. The van der Waals surface area contributed by atoms with E-state index in [2.05, 4.69) is 26.6 Å². The molecule has 0 aliphatic heterocycles. The quantitative estimate of drug-likeness (QED) is 0.0518. The van der Waals surface area contributed by atoms with Gasteiger partial charge in [-0.05, 0) is 77.3 Å². The van der Waals surface area contributed by atoms with E-state index in [0.717, 1.165) is 16.7 Å². The van der Waals surface area contributed by atoms with Crippen molar-refractivity contribution in [2.45, 2.75) is 97.2 Å². The molecule has 60 heavy (non-hydrogen) atoms. The Bertz CT molecular complexity index is 1970. The summed E-state index contributed by atoms with van der Waals surface area (Å²) in [7, 11) is 3.08. The van der Waals surface area contributed by atoms with E-state index in [1.54, 1.807) is 19.2 Å². The van der Waals surface area contributed by atoms with Crippen LogP contribution in [0, 0.1) is 11.3 Å². The molecule has 5 unspecified atom stereocenters. The summed E-state index contributed by atoms with van der Waals surface area (Å²) in [5.74, 6) is -0.336. The topological polar surface area (TPSA) is 196 Å². The summed E-state index contributed by atoms with van der Waals surface area (Å²) in [5, 5.41) is 38.6. The number of nitrogen functional groups attached to an aromatic ring is 1. The van der Waals surface area contributed by atoms with E-state index in [-0.39, 0.29) is 48.5 Å². The average molecular weight is 825 g/mol. The van der Waals surface area contributed by atoms with Crippen LogP contribution in [0.3, 0.4) is 0 Å². The predicted octanol–water partition coefficient (Wildman–Crippen LogP) is 4.63. The minimum absolute atomic E-state index is 0.0188. The van der Waals surface area contributed by atoms with Gasteiger partial charge >= 0.3 is 0 Å². The molecular weight excluding hydrogens is 761 g/mol. The first kappa shape index (κ1) is 47.1. The molecule has 4 aromatic carbocycles. The maximum Gasteiger partial charge on any atom is 0.243 e. The molecule has 324 valence electrons. The van der Waals surface area contributed by atoms with Gasteiger partial charge in [0.05, 0.1) is 20.3 Å². The number of benzene rings is 4. The second kappa shape index (κ2) is 22.7. The maximum atomic E-state index is 14.5. The lowest BCUT2D eigenvalue weighted by Gasteiger charge is -2.36. The van der Waals surface area contributed by atoms with Crippen LogP contribution in [-0.2, 0) is 40.3 Å². The van der Waals surface area contributed by atoms with Crippen LogP contribution in [0.2, 0.25) is 0 Å². The number of nitrogens with two attached hydrogens (primary N) is 1. The minimum Gasteiger partial charge on any atom is -0.507 e. The molecule has 0 aliphatic rings. The molecule has 4 rings (SSSR count). The van der Waals surface area contributed by atoms with Gasteiger partial charge in [0.1, 0.15) is 29.3 Å². The van der Waals surface area contributed by atoms with Gasteiger partial charge in [-0.1, -0.05) is 89.2 Å². The largest absolute Gasteiger partial charge is 0.507 e. The van der Waals surface area contributed by atoms with E-state index in [4.69, 9.17) is 15.2 Å². The van der Waals surface area contributed by atoms with Crippen LogP contribution < -0.4 is 41.8 Å². The molecule has 0 fully saturated rings. The number of aryl methyl sites for hydroxylation is 1. The third kappa shape index (κ3) is 14.6. The fraction of sp³-hybridized carbons (Fsp3) is 0.426. The van der Waals surface area contributed by atoms with Crippen LogP contribution in [-0.4, -0.2) is 79.0 Å². The fourth-order valence-electron chi connectivity index (χ4n) is 6.76. The lowest BCUT2D eigenvalue weighted by molar-refractivity contribution is -0.133. The first-order valence-corrected chi connectivity index (χ1v) is 20.5. The fourth-order valence-corrected chi connectivity index (χ4v) is 6.76. The van der Waals surface area contributed by atoms with Crippen LogP contribution in [0.4, 0.5) is 5.69 Å². The van der Waals surface area contributed by atoms with Gasteiger partial charge in [-0.2, -0.15) is 0 Å². The zero-order chi connectivity index (χ0) is 43.8. The third-order valence-electron chi connectivity index (χ3n) is 10.6. The van der Waals surface area contributed by atoms with Crippen LogP contribution in [0.15, 0.2) is 97.1 Å². The number of rotatable bonds is 22. The molecule has 4 aromatic rings. The van der Waals surface area contributed by atoms with Gasteiger partial charge in [0.2, 0.25) is 17.7 Å². The number of phenols is 1. The molecule has 0 radical (unpaired) electrons. The summed E-state index contributed by atoms with van der Waals surface area (Å²) in [6, 6.07) is 26.2. The molecule has 0 heterocycles. The molecule has 5 atom stereocenters. The highest BCUT2D eigenvalue weighted by molar-refractivity contribution is 5.90. The second-order valence-electron chi connectivity index (χ2n) is 16.6. The lowest BCUT2D eigenvalue weighted by Crippen LogP contribution is -2.62. The summed E-state index contributed by atoms with van der Waals surface area (Å²) >= 11 is 0. The second-order valence-corrected chi connectivity index (χ2v) is 16.6. The average Bonchev–Trinajstić information content (AvgIpc) is 3.22. The number of nitrogens with one attached hydrogen (secondary N) is 5. The Hall–Kier alpha value is -5.63. The highest BCUT2D eigenvalue weighted by Crippen LogP contribution is 2.24. The number of methoxy groups -OCH3 is 2. The van der Waals surface area contributed by atoms with Gasteiger partial charge in [0.15, 0.2) is 0 Å². The van der Waals surface area contributed by atoms with Gasteiger partial charge in [0.25, 0.3) is 0 Å². The lowest BCUT2D eigenvalue weighted by atomic mass is 9.85. The standard InChI is InChI=1S/C47H64N6O7/c1-30(2)42(45(57)51-28-34-19-22-37(60-7)26-39(34)54)53-46(58)43(50-27-33-16-20-36(59-6)21-17-33)44(56)38(25-31-12-9-8-10-13-31)49-29-40(47(3,4)5)52-41(55)23-18-32-14-11-15-35(48)24-32/h8-17,19-22,24,26,30,38,40,42-44,49-50,54,56H,18,23,25,27-29,48H2,1-7H3,(H,51,57)(H,52,55)(H,53,58). The Morgan fingerprint density at radius 3 is 2.02 bits per heavy atom. The molecule has 0 saturated heterocycles. The van der Waals surface area contributed by atoms with Crippen molar-refractivity contribution >= 4 is 23.4 Å². The number of hydrogen-bond donors (Lipinski definition) is 8. The first-order chi connectivity index (χ1) is 28.6. The molecule has 9 N–H and O–H groups in total. The van der Waals surface area contributed by atoms with Crippen molar-refractivity contribution in [2.24, 2.45) is 11.3 Å². The summed E-state index contributed by atoms with van der Waals surface area (Å²) in [6.45, 7) is 10.3. The molecule has 3 amide bonds. The van der Waals surface area contributed by atoms with Crippen LogP contribution in [0.1, 0.15) is 63.3 Å². The number of hydrogen-bond acceptors (Lipinski definition) is 10. The molecule has 0 saturated carbocycles. The molecule has 0 aliphatic carbocycles. The summed E-state index contributed by atoms with van der Waals surface area (Å²) in [6.07, 6.45) is -0.145. The van der Waals surface area contributed by atoms with E-state index in [1.807, 2.05) is 113 Å². The number of carbonyl (C=O) groups excluding carboxylic acids is 3. The molecule has 13 nitrogen and oxygen atoms in total. The number of amides is 3. The predicted molar refractivity (Wildman–Crippen MR) is 235 cm³/mol. The Morgan fingerprint density at radius 1 is 0.733 bits per heavy atom. The molecule has 13 heteroatoms. The highest BCUT2D eigenvalue weighted by Gasteiger charge is 2.37. The number of aromatic hydroxyl groups is 1. The van der Waals surface area contributed by atoms with Gasteiger partial charge in [-0.3, -0.25) is 19.7 Å². The highest BCUT2D eigenvalue weighted by atomic mass is 16.5. The van der Waals surface area contributed by atoms with Crippen LogP contribution >= 0.6 is 0 Å². The van der Waals surface area contributed by atoms with E-state index in [9.17, 15) is 24.6 Å². The zero-order valence-electron chi connectivity index (χ0n) is 36.0. The Balaban J connectivity index is 1.58. The van der Waals surface area contributed by atoms with Crippen molar-refractivity contribution < 1.29 is 34.1 Å². The van der Waals surface area contributed by atoms with Crippen molar-refractivity contribution in [3.05, 3.63) is 119 Å². The van der Waals surface area contributed by atoms with E-state index >= 15 is 0 Å². The molecular formula is C47H64N6O7. The van der Waals surface area contributed by atoms with Crippen LogP contribution in [0.5, 0.6) is 17.2 Å². The maximum absolute atomic E-state index is 14.5. The van der Waals surface area contributed by atoms with Crippen molar-refractivity contribution in [3.8, 4) is 17.2 Å². The smallest absolute Gasteiger partial charge is 0.243 e. The van der Waals surface area contributed by atoms with Gasteiger partial charge in [0, 0.05) is 55.5 Å². The van der Waals surface area contributed by atoms with Gasteiger partial charge in [-0.25, -0.2) is 0 Å². The summed E-state index contributed by atoms with van der Waals surface area (Å²) in [5.41, 5.74) is 9.46. The normalized spacial score (nSPS) is 14.0. The van der Waals surface area contributed by atoms with Crippen LogP contribution in [0.25, 0.3) is 0 Å². The van der Waals surface area contributed by atoms with Crippen molar-refractivity contribution in [1.29, 1.82) is 0 Å². The first-order valence-electron chi connectivity index (χ1n) is 20.5. The van der Waals surface area contributed by atoms with E-state index < -0.39 is 36.0 Å². The Kier molecular flexibility index (Phi) is 17.8. The number of ether oxygens (including phenoxy) is 2. The zero-order valence-corrected chi connectivity index (χ0v) is 36.0. The van der Waals surface area contributed by atoms with Gasteiger partial charge in [-0.15, -0.1) is 0 Å². The SMILES string of the molecule is COc1ccc(CNC(C(=O)NC(C(=O)NCc2ccc(OC)cc2O)C(C)C)C(O)C(Cc2ccccc2)NCC(NC(=O)CCc2cccc(N)c2)C(C)(C)C)cc1. The molecule has 0 aromatic heterocycles. The third-order valence-corrected chi connectivity index (χ3v) is 10.6. The monoisotopic (exact) mass is 824 g/mol. The van der Waals surface area contributed by atoms with E-state index in [0.29, 0.717) is 42.1 Å². The number of phenolic OH excluding ortho intramolecular Hbond substituents is 1. The summed E-state index contributed by atoms with van der Waals surface area (Å²) in [4.78, 5) is 41.4. The Labute approximate surface area is 354 Å². The van der Waals surface area contributed by atoms with Gasteiger partial charge < -0.3 is 46.7 Å². The number of carbonyl (C=O) groups is 3. The Morgan fingerprint density at radius 2 is 1.40 bits per heavy atom.